The van der Waals surface area contributed by atoms with Crippen LogP contribution in [0.25, 0.3) is 0 Å². The highest BCUT2D eigenvalue weighted by Crippen LogP contribution is 2.50. The van der Waals surface area contributed by atoms with Gasteiger partial charge in [-0.3, -0.25) is 0 Å². The van der Waals surface area contributed by atoms with Crippen LogP contribution in [0.3, 0.4) is 0 Å². The molecule has 1 aliphatic carbocycles. The van der Waals surface area contributed by atoms with E-state index >= 15 is 0 Å². The number of hydrogen-bond donors (Lipinski definition) is 1. The zero-order valence-corrected chi connectivity index (χ0v) is 12.4. The molecule has 0 unspecified atom stereocenters. The zero-order chi connectivity index (χ0) is 13.8. The smallest absolute Gasteiger partial charge is 0.206 e. The maximum atomic E-state index is 12.7. The van der Waals surface area contributed by atoms with Gasteiger partial charge >= 0.3 is 6.18 Å². The molecule has 0 amide bonds. The molecule has 0 radical (unpaired) electrons. The number of halogens is 4. The number of sulfonamides is 1. The van der Waals surface area contributed by atoms with E-state index < -0.39 is 21.7 Å². The van der Waals surface area contributed by atoms with Crippen molar-refractivity contribution < 1.29 is 21.6 Å². The van der Waals surface area contributed by atoms with Crippen LogP contribution in [0, 0.1) is 6.92 Å². The Morgan fingerprint density at radius 3 is 2.33 bits per heavy atom. The van der Waals surface area contributed by atoms with Gasteiger partial charge in [0.05, 0.1) is 3.79 Å². The fraction of sp³-hybridized carbons (Fsp3) is 0.556. The van der Waals surface area contributed by atoms with Crippen LogP contribution in [0.2, 0.25) is 0 Å². The Bertz CT molecular complexity index is 556. The van der Waals surface area contributed by atoms with Gasteiger partial charge in [0.1, 0.15) is 9.75 Å². The van der Waals surface area contributed by atoms with Crippen molar-refractivity contribution in [3.05, 3.63) is 15.4 Å². The van der Waals surface area contributed by atoms with Crippen molar-refractivity contribution in [3.8, 4) is 0 Å². The Balaban J connectivity index is 2.29. The normalized spacial score (nSPS) is 18.9. The molecule has 0 bridgehead atoms. The molecule has 102 valence electrons. The summed E-state index contributed by atoms with van der Waals surface area (Å²) in [6.07, 6.45) is -4.97. The van der Waals surface area contributed by atoms with Gasteiger partial charge in [0.15, 0.2) is 0 Å². The lowest BCUT2D eigenvalue weighted by Crippen LogP contribution is -2.47. The van der Waals surface area contributed by atoms with Gasteiger partial charge in [-0.05, 0) is 47.3 Å². The third-order valence-electron chi connectivity index (χ3n) is 2.72. The van der Waals surface area contributed by atoms with Crippen molar-refractivity contribution >= 4 is 37.3 Å². The van der Waals surface area contributed by atoms with Gasteiger partial charge in [0.2, 0.25) is 0 Å². The number of alkyl halides is 3. The van der Waals surface area contributed by atoms with Gasteiger partial charge < -0.3 is 0 Å². The van der Waals surface area contributed by atoms with Crippen molar-refractivity contribution in [3.63, 3.8) is 0 Å². The summed E-state index contributed by atoms with van der Waals surface area (Å²) in [5, 5.41) is 0. The Kier molecular flexibility index (Phi) is 3.33. The molecule has 1 N–H and O–H groups in total. The molecule has 18 heavy (non-hydrogen) atoms. The Labute approximate surface area is 115 Å². The van der Waals surface area contributed by atoms with Crippen molar-refractivity contribution in [1.82, 2.24) is 4.72 Å². The summed E-state index contributed by atoms with van der Waals surface area (Å²) in [5.41, 5.74) is -1.59. The second-order valence-electron chi connectivity index (χ2n) is 4.21. The largest absolute Gasteiger partial charge is 0.407 e. The van der Waals surface area contributed by atoms with Gasteiger partial charge in [-0.25, -0.2) is 8.42 Å². The summed E-state index contributed by atoms with van der Waals surface area (Å²) < 4.78 is 64.1. The number of nitrogens with one attached hydrogen (secondary N) is 1. The van der Waals surface area contributed by atoms with Crippen LogP contribution in [0.4, 0.5) is 13.2 Å². The first kappa shape index (κ1) is 14.3. The molecule has 0 atom stereocenters. The van der Waals surface area contributed by atoms with Crippen molar-refractivity contribution in [2.45, 2.75) is 35.7 Å². The van der Waals surface area contributed by atoms with E-state index in [-0.39, 0.29) is 17.1 Å². The minimum atomic E-state index is -4.55. The van der Waals surface area contributed by atoms with Crippen molar-refractivity contribution in [2.75, 3.05) is 0 Å². The SMILES string of the molecule is Cc1cc(S(=O)(=O)NC2(C(F)(F)F)CC2)sc1Br. The second-order valence-corrected chi connectivity index (χ2v) is 8.49. The molecule has 1 saturated carbocycles. The Morgan fingerprint density at radius 1 is 1.44 bits per heavy atom. The van der Waals surface area contributed by atoms with Gasteiger partial charge in [0, 0.05) is 0 Å². The molecule has 1 fully saturated rings. The highest BCUT2D eigenvalue weighted by atomic mass is 79.9. The minimum Gasteiger partial charge on any atom is -0.206 e. The molecule has 1 aliphatic rings. The lowest BCUT2D eigenvalue weighted by atomic mass is 10.3. The third kappa shape index (κ3) is 2.45. The quantitative estimate of drug-likeness (QED) is 0.896. The van der Waals surface area contributed by atoms with E-state index in [9.17, 15) is 21.6 Å². The lowest BCUT2D eigenvalue weighted by Gasteiger charge is -2.19. The first-order chi connectivity index (χ1) is 8.07. The number of thiophene rings is 1. The molecular weight excluding hydrogens is 355 g/mol. The van der Waals surface area contributed by atoms with Crippen LogP contribution in [0.1, 0.15) is 18.4 Å². The van der Waals surface area contributed by atoms with Crippen LogP contribution in [0.15, 0.2) is 14.1 Å². The minimum absolute atomic E-state index is 0.109. The average molecular weight is 364 g/mol. The summed E-state index contributed by atoms with van der Waals surface area (Å²) in [4.78, 5) is 0. The molecule has 0 spiro atoms. The highest BCUT2D eigenvalue weighted by Gasteiger charge is 2.65. The van der Waals surface area contributed by atoms with E-state index in [0.717, 1.165) is 11.3 Å². The molecule has 0 aliphatic heterocycles. The molecule has 2 rings (SSSR count). The summed E-state index contributed by atoms with van der Waals surface area (Å²) in [7, 11) is -4.12. The summed E-state index contributed by atoms with van der Waals surface area (Å²) in [6.45, 7) is 1.68. The molecular formula is C9H9BrF3NO2S2. The molecule has 9 heteroatoms. The first-order valence-electron chi connectivity index (χ1n) is 4.94. The molecule has 3 nitrogen and oxygen atoms in total. The van der Waals surface area contributed by atoms with E-state index in [1.807, 2.05) is 0 Å². The molecule has 1 aromatic heterocycles. The average Bonchev–Trinajstić information content (AvgIpc) is 2.88. The standard InChI is InChI=1S/C9H9BrF3NO2S2/c1-5-4-6(17-7(5)10)18(15,16)14-8(2-3-8)9(11,12)13/h4,14H,2-3H2,1H3. The maximum absolute atomic E-state index is 12.7. The van der Waals surface area contributed by atoms with Crippen LogP contribution in [-0.4, -0.2) is 20.1 Å². The predicted octanol–water partition coefficient (Wildman–Crippen LogP) is 3.19. The number of aryl methyl sites for hydroxylation is 1. The van der Waals surface area contributed by atoms with Crippen LogP contribution in [0.5, 0.6) is 0 Å². The van der Waals surface area contributed by atoms with E-state index in [2.05, 4.69) is 15.9 Å². The fourth-order valence-electron chi connectivity index (χ4n) is 1.44. The third-order valence-corrected chi connectivity index (χ3v) is 6.87. The van der Waals surface area contributed by atoms with Gasteiger partial charge in [-0.15, -0.1) is 11.3 Å². The van der Waals surface area contributed by atoms with Crippen LogP contribution < -0.4 is 4.72 Å². The van der Waals surface area contributed by atoms with Crippen molar-refractivity contribution in [2.24, 2.45) is 0 Å². The summed E-state index contributed by atoms with van der Waals surface area (Å²) in [5.74, 6) is 0. The number of hydrogen-bond acceptors (Lipinski definition) is 3. The topological polar surface area (TPSA) is 46.2 Å². The van der Waals surface area contributed by atoms with Gasteiger partial charge in [-0.1, -0.05) is 0 Å². The van der Waals surface area contributed by atoms with E-state index in [0.29, 0.717) is 9.35 Å². The predicted molar refractivity (Wildman–Crippen MR) is 65.1 cm³/mol. The molecule has 0 aromatic carbocycles. The van der Waals surface area contributed by atoms with Gasteiger partial charge in [-0.2, -0.15) is 17.9 Å². The number of rotatable bonds is 3. The monoisotopic (exact) mass is 363 g/mol. The molecule has 1 aromatic rings. The first-order valence-corrected chi connectivity index (χ1v) is 8.03. The fourth-order valence-corrected chi connectivity index (χ4v) is 5.11. The molecule has 0 saturated heterocycles. The van der Waals surface area contributed by atoms with Crippen LogP contribution in [-0.2, 0) is 10.0 Å². The van der Waals surface area contributed by atoms with E-state index in [1.54, 1.807) is 11.6 Å². The maximum Gasteiger partial charge on any atom is 0.407 e. The van der Waals surface area contributed by atoms with Gasteiger partial charge in [0.25, 0.3) is 10.0 Å². The van der Waals surface area contributed by atoms with E-state index in [4.69, 9.17) is 0 Å². The second kappa shape index (κ2) is 4.19. The summed E-state index contributed by atoms with van der Waals surface area (Å²) >= 11 is 4.05. The Morgan fingerprint density at radius 2 is 2.00 bits per heavy atom. The molecule has 1 heterocycles. The van der Waals surface area contributed by atoms with Crippen LogP contribution >= 0.6 is 27.3 Å². The summed E-state index contributed by atoms with van der Waals surface area (Å²) in [6, 6.07) is 1.35. The lowest BCUT2D eigenvalue weighted by molar-refractivity contribution is -0.160. The van der Waals surface area contributed by atoms with Crippen molar-refractivity contribution in [1.29, 1.82) is 0 Å². The zero-order valence-electron chi connectivity index (χ0n) is 9.14. The Hall–Kier alpha value is -0.120. The highest BCUT2D eigenvalue weighted by molar-refractivity contribution is 9.11. The van der Waals surface area contributed by atoms with E-state index in [1.165, 1.54) is 6.07 Å².